The molecule has 4 heteroatoms. The van der Waals surface area contributed by atoms with Crippen LogP contribution in [0.4, 0.5) is 0 Å². The molecule has 0 saturated heterocycles. The Morgan fingerprint density at radius 2 is 1.85 bits per heavy atom. The molecule has 2 fully saturated rings. The molecule has 0 spiro atoms. The Labute approximate surface area is 206 Å². The van der Waals surface area contributed by atoms with E-state index in [2.05, 4.69) is 67.6 Å². The smallest absolute Gasteiger partial charge is 0.161 e. The Morgan fingerprint density at radius 3 is 2.62 bits per heavy atom. The van der Waals surface area contributed by atoms with E-state index in [1.807, 2.05) is 6.07 Å². The van der Waals surface area contributed by atoms with E-state index in [-0.39, 0.29) is 0 Å². The van der Waals surface area contributed by atoms with E-state index in [9.17, 15) is 0 Å². The summed E-state index contributed by atoms with van der Waals surface area (Å²) in [6.07, 6.45) is 7.80. The molecule has 0 heterocycles. The standard InChI is InChI=1S/C30H42N2O2/c1-30-15-14-23-24(26(30)12-13-29(30)31-16-17-32(2)3)11-10-22-18-28(27(33-4)19-25(22)23)34-20-21-8-6-5-7-9-21/h5-9,18-19,23-24,26,29,31H,10-17,20H2,1-4H3/t23?,24?,26?,29-,30-/m0/s1. The molecule has 2 aromatic rings. The van der Waals surface area contributed by atoms with Crippen LogP contribution in [-0.4, -0.2) is 45.2 Å². The monoisotopic (exact) mass is 462 g/mol. The number of nitrogens with zero attached hydrogens (tertiary/aromatic N) is 1. The summed E-state index contributed by atoms with van der Waals surface area (Å²) in [5, 5.41) is 3.94. The van der Waals surface area contributed by atoms with Gasteiger partial charge in [-0.25, -0.2) is 0 Å². The van der Waals surface area contributed by atoms with E-state index >= 15 is 0 Å². The SMILES string of the molecule is COc1cc2c(cc1OCc1ccccc1)CCC1C2CC[C@@]2(C)C1CC[C@@H]2NCCN(C)C. The number of rotatable bonds is 8. The van der Waals surface area contributed by atoms with Crippen molar-refractivity contribution in [2.45, 2.75) is 64.0 Å². The molecule has 5 rings (SSSR count). The van der Waals surface area contributed by atoms with Crippen molar-refractivity contribution in [3.8, 4) is 11.5 Å². The van der Waals surface area contributed by atoms with Crippen molar-refractivity contribution in [3.63, 3.8) is 0 Å². The highest BCUT2D eigenvalue weighted by Gasteiger charge is 2.54. The molecule has 3 unspecified atom stereocenters. The molecule has 0 amide bonds. The first-order valence-electron chi connectivity index (χ1n) is 13.2. The fourth-order valence-corrected chi connectivity index (χ4v) is 7.38. The van der Waals surface area contributed by atoms with Crippen LogP contribution in [0.3, 0.4) is 0 Å². The molecule has 0 aliphatic heterocycles. The number of hydrogen-bond acceptors (Lipinski definition) is 4. The van der Waals surface area contributed by atoms with Crippen LogP contribution in [0, 0.1) is 17.3 Å². The molecule has 5 atom stereocenters. The molecule has 0 aromatic heterocycles. The van der Waals surface area contributed by atoms with Gasteiger partial charge in [-0.15, -0.1) is 0 Å². The summed E-state index contributed by atoms with van der Waals surface area (Å²) in [5.74, 6) is 4.07. The second-order valence-corrected chi connectivity index (χ2v) is 11.3. The first kappa shape index (κ1) is 23.7. The van der Waals surface area contributed by atoms with Gasteiger partial charge in [-0.1, -0.05) is 37.3 Å². The van der Waals surface area contributed by atoms with Crippen LogP contribution in [0.2, 0.25) is 0 Å². The quantitative estimate of drug-likeness (QED) is 0.550. The molecule has 3 aliphatic carbocycles. The van der Waals surface area contributed by atoms with Crippen molar-refractivity contribution in [1.29, 1.82) is 0 Å². The average Bonchev–Trinajstić information content (AvgIpc) is 3.18. The molecular weight excluding hydrogens is 420 g/mol. The van der Waals surface area contributed by atoms with Crippen molar-refractivity contribution in [1.82, 2.24) is 10.2 Å². The zero-order valence-corrected chi connectivity index (χ0v) is 21.5. The molecule has 3 aliphatic rings. The third-order valence-electron chi connectivity index (χ3n) is 9.20. The summed E-state index contributed by atoms with van der Waals surface area (Å²) < 4.78 is 12.1. The normalized spacial score (nSPS) is 29.9. The minimum Gasteiger partial charge on any atom is -0.493 e. The Kier molecular flexibility index (Phi) is 6.90. The summed E-state index contributed by atoms with van der Waals surface area (Å²) in [5.41, 5.74) is 4.64. The van der Waals surface area contributed by atoms with E-state index in [0.717, 1.165) is 42.8 Å². The summed E-state index contributed by atoms with van der Waals surface area (Å²) >= 11 is 0. The maximum Gasteiger partial charge on any atom is 0.161 e. The summed E-state index contributed by atoms with van der Waals surface area (Å²) in [6.45, 7) is 5.38. The van der Waals surface area contributed by atoms with Gasteiger partial charge in [-0.2, -0.15) is 0 Å². The van der Waals surface area contributed by atoms with Crippen molar-refractivity contribution in [3.05, 3.63) is 59.2 Å². The minimum atomic E-state index is 0.438. The lowest BCUT2D eigenvalue weighted by molar-refractivity contribution is 0.0408. The highest BCUT2D eigenvalue weighted by molar-refractivity contribution is 5.50. The van der Waals surface area contributed by atoms with Crippen LogP contribution in [0.5, 0.6) is 11.5 Å². The molecule has 0 radical (unpaired) electrons. The number of likely N-dealkylation sites (N-methyl/N-ethyl adjacent to an activating group) is 1. The fourth-order valence-electron chi connectivity index (χ4n) is 7.38. The molecule has 34 heavy (non-hydrogen) atoms. The lowest BCUT2D eigenvalue weighted by atomic mass is 9.55. The first-order valence-corrected chi connectivity index (χ1v) is 13.2. The number of fused-ring (bicyclic) bond motifs is 5. The van der Waals surface area contributed by atoms with E-state index in [0.29, 0.717) is 24.0 Å². The number of aryl methyl sites for hydroxylation is 1. The zero-order chi connectivity index (χ0) is 23.7. The number of nitrogens with one attached hydrogen (secondary N) is 1. The van der Waals surface area contributed by atoms with Crippen molar-refractivity contribution < 1.29 is 9.47 Å². The van der Waals surface area contributed by atoms with Crippen molar-refractivity contribution in [2.24, 2.45) is 17.3 Å². The molecule has 4 nitrogen and oxygen atoms in total. The molecule has 184 valence electrons. The molecule has 0 bridgehead atoms. The largest absolute Gasteiger partial charge is 0.493 e. The fraction of sp³-hybridized carbons (Fsp3) is 0.600. The highest BCUT2D eigenvalue weighted by atomic mass is 16.5. The third kappa shape index (κ3) is 4.47. The molecule has 1 N–H and O–H groups in total. The second kappa shape index (κ2) is 9.91. The van der Waals surface area contributed by atoms with Gasteiger partial charge >= 0.3 is 0 Å². The van der Waals surface area contributed by atoms with Crippen LogP contribution in [0.15, 0.2) is 42.5 Å². The lowest BCUT2D eigenvalue weighted by Gasteiger charge is -2.51. The van der Waals surface area contributed by atoms with Crippen LogP contribution in [0.25, 0.3) is 0 Å². The average molecular weight is 463 g/mol. The maximum atomic E-state index is 6.23. The highest BCUT2D eigenvalue weighted by Crippen LogP contribution is 2.61. The topological polar surface area (TPSA) is 33.7 Å². The van der Waals surface area contributed by atoms with E-state index in [1.165, 1.54) is 48.8 Å². The van der Waals surface area contributed by atoms with Gasteiger partial charge in [-0.3, -0.25) is 0 Å². The van der Waals surface area contributed by atoms with Gasteiger partial charge in [0.15, 0.2) is 11.5 Å². The van der Waals surface area contributed by atoms with Gasteiger partial charge in [-0.05, 0) is 105 Å². The lowest BCUT2D eigenvalue weighted by Crippen LogP contribution is -2.49. The maximum absolute atomic E-state index is 6.23. The molecular formula is C30H42N2O2. The number of benzene rings is 2. The van der Waals surface area contributed by atoms with E-state index in [1.54, 1.807) is 7.11 Å². The van der Waals surface area contributed by atoms with Crippen LogP contribution in [-0.2, 0) is 13.0 Å². The predicted molar refractivity (Wildman–Crippen MR) is 139 cm³/mol. The van der Waals surface area contributed by atoms with Crippen molar-refractivity contribution >= 4 is 0 Å². The van der Waals surface area contributed by atoms with Crippen LogP contribution >= 0.6 is 0 Å². The Bertz CT molecular complexity index is 975. The first-order chi connectivity index (χ1) is 16.5. The van der Waals surface area contributed by atoms with Gasteiger partial charge in [0.05, 0.1) is 7.11 Å². The third-order valence-corrected chi connectivity index (χ3v) is 9.20. The summed E-state index contributed by atoms with van der Waals surface area (Å²) in [7, 11) is 6.10. The minimum absolute atomic E-state index is 0.438. The number of hydrogen-bond donors (Lipinski definition) is 1. The Balaban J connectivity index is 1.32. The predicted octanol–water partition coefficient (Wildman–Crippen LogP) is 5.65. The summed E-state index contributed by atoms with van der Waals surface area (Å²) in [4.78, 5) is 2.28. The second-order valence-electron chi connectivity index (χ2n) is 11.3. The van der Waals surface area contributed by atoms with Crippen LogP contribution < -0.4 is 14.8 Å². The number of methoxy groups -OCH3 is 1. The Morgan fingerprint density at radius 1 is 1.03 bits per heavy atom. The van der Waals surface area contributed by atoms with E-state index in [4.69, 9.17) is 9.47 Å². The van der Waals surface area contributed by atoms with Gasteiger partial charge in [0.25, 0.3) is 0 Å². The molecule has 2 saturated carbocycles. The van der Waals surface area contributed by atoms with Gasteiger partial charge in [0.1, 0.15) is 6.61 Å². The zero-order valence-electron chi connectivity index (χ0n) is 21.5. The van der Waals surface area contributed by atoms with Crippen molar-refractivity contribution in [2.75, 3.05) is 34.3 Å². The van der Waals surface area contributed by atoms with E-state index < -0.39 is 0 Å². The van der Waals surface area contributed by atoms with Crippen LogP contribution in [0.1, 0.15) is 61.6 Å². The van der Waals surface area contributed by atoms with Gasteiger partial charge in [0, 0.05) is 19.1 Å². The Hall–Kier alpha value is -2.04. The van der Waals surface area contributed by atoms with Gasteiger partial charge < -0.3 is 19.7 Å². The summed E-state index contributed by atoms with van der Waals surface area (Å²) in [6, 6.07) is 15.6. The molecule has 2 aromatic carbocycles. The van der Waals surface area contributed by atoms with Gasteiger partial charge in [0.2, 0.25) is 0 Å². The number of ether oxygens (including phenoxy) is 2.